The summed E-state index contributed by atoms with van der Waals surface area (Å²) in [5.41, 5.74) is 6.23. The zero-order chi connectivity index (χ0) is 16.3. The fraction of sp³-hybridized carbons (Fsp3) is 0.500. The molecule has 0 aliphatic rings. The molecular weight excluding hydrogens is 329 g/mol. The minimum Gasteiger partial charge on any atom is -0.398 e. The van der Waals surface area contributed by atoms with Gasteiger partial charge in [0.15, 0.2) is 0 Å². The highest BCUT2D eigenvalue weighted by Gasteiger charge is 2.26. The highest BCUT2D eigenvalue weighted by atomic mass is 35.5. The van der Waals surface area contributed by atoms with Crippen molar-refractivity contribution in [2.45, 2.75) is 37.3 Å². The Kier molecular flexibility index (Phi) is 5.89. The van der Waals surface area contributed by atoms with Crippen molar-refractivity contribution in [3.8, 4) is 0 Å². The SMILES string of the molecule is Cc1c(N)cc(Cl)cc1S(=O)(=O)NCCCCC(F)(F)F. The topological polar surface area (TPSA) is 72.2 Å². The van der Waals surface area contributed by atoms with Gasteiger partial charge < -0.3 is 5.73 Å². The van der Waals surface area contributed by atoms with E-state index in [-0.39, 0.29) is 35.0 Å². The summed E-state index contributed by atoms with van der Waals surface area (Å²) in [5.74, 6) is 0. The van der Waals surface area contributed by atoms with Gasteiger partial charge in [0.05, 0.1) is 4.90 Å². The van der Waals surface area contributed by atoms with Crippen LogP contribution in [0.2, 0.25) is 5.02 Å². The number of nitrogen functional groups attached to an aromatic ring is 1. The van der Waals surface area contributed by atoms with Crippen LogP contribution in [-0.2, 0) is 10.0 Å². The molecular formula is C12H16ClF3N2O2S. The van der Waals surface area contributed by atoms with Gasteiger partial charge in [-0.3, -0.25) is 0 Å². The molecule has 0 fully saturated rings. The molecule has 0 saturated carbocycles. The van der Waals surface area contributed by atoms with Crippen LogP contribution in [0.3, 0.4) is 0 Å². The molecule has 0 unspecified atom stereocenters. The second kappa shape index (κ2) is 6.85. The Labute approximate surface area is 126 Å². The summed E-state index contributed by atoms with van der Waals surface area (Å²) in [6.45, 7) is 1.45. The van der Waals surface area contributed by atoms with Gasteiger partial charge in [-0.1, -0.05) is 11.6 Å². The van der Waals surface area contributed by atoms with Crippen LogP contribution in [0.1, 0.15) is 24.8 Å². The van der Waals surface area contributed by atoms with E-state index in [0.717, 1.165) is 0 Å². The van der Waals surface area contributed by atoms with Crippen molar-refractivity contribution < 1.29 is 21.6 Å². The van der Waals surface area contributed by atoms with Crippen LogP contribution in [0.4, 0.5) is 18.9 Å². The maximum atomic E-state index is 12.1. The zero-order valence-electron chi connectivity index (χ0n) is 11.3. The van der Waals surface area contributed by atoms with E-state index in [1.54, 1.807) is 0 Å². The maximum absolute atomic E-state index is 12.1. The number of halogens is 4. The van der Waals surface area contributed by atoms with Gasteiger partial charge >= 0.3 is 6.18 Å². The van der Waals surface area contributed by atoms with Gasteiger partial charge in [-0.05, 0) is 37.5 Å². The summed E-state index contributed by atoms with van der Waals surface area (Å²) in [5, 5.41) is 0.176. The van der Waals surface area contributed by atoms with Crippen LogP contribution in [0, 0.1) is 6.92 Å². The summed E-state index contributed by atoms with van der Waals surface area (Å²) in [4.78, 5) is -0.0664. The molecule has 0 heterocycles. The zero-order valence-corrected chi connectivity index (χ0v) is 12.9. The number of anilines is 1. The lowest BCUT2D eigenvalue weighted by molar-refractivity contribution is -0.135. The van der Waals surface area contributed by atoms with E-state index in [4.69, 9.17) is 17.3 Å². The number of unbranched alkanes of at least 4 members (excludes halogenated alkanes) is 1. The van der Waals surface area contributed by atoms with Crippen molar-refractivity contribution in [3.63, 3.8) is 0 Å². The molecule has 1 rings (SSSR count). The van der Waals surface area contributed by atoms with Crippen molar-refractivity contribution in [1.29, 1.82) is 0 Å². The van der Waals surface area contributed by atoms with E-state index in [1.165, 1.54) is 19.1 Å². The summed E-state index contributed by atoms with van der Waals surface area (Å²) in [6.07, 6.45) is -5.20. The Morgan fingerprint density at radius 3 is 2.48 bits per heavy atom. The molecule has 120 valence electrons. The number of alkyl halides is 3. The molecule has 0 bridgehead atoms. The molecule has 21 heavy (non-hydrogen) atoms. The van der Waals surface area contributed by atoms with E-state index in [1.807, 2.05) is 0 Å². The number of rotatable bonds is 6. The minimum absolute atomic E-state index is 0.0664. The van der Waals surface area contributed by atoms with E-state index in [0.29, 0.717) is 5.56 Å². The smallest absolute Gasteiger partial charge is 0.389 e. The molecule has 0 aromatic heterocycles. The van der Waals surface area contributed by atoms with Gasteiger partial charge in [0.2, 0.25) is 10.0 Å². The molecule has 9 heteroatoms. The van der Waals surface area contributed by atoms with Crippen LogP contribution in [-0.4, -0.2) is 21.1 Å². The summed E-state index contributed by atoms with van der Waals surface area (Å²) in [7, 11) is -3.85. The minimum atomic E-state index is -4.23. The lowest BCUT2D eigenvalue weighted by Gasteiger charge is -2.12. The third kappa shape index (κ3) is 5.72. The van der Waals surface area contributed by atoms with E-state index in [9.17, 15) is 21.6 Å². The largest absolute Gasteiger partial charge is 0.398 e. The van der Waals surface area contributed by atoms with Gasteiger partial charge in [0.25, 0.3) is 0 Å². The van der Waals surface area contributed by atoms with Crippen LogP contribution >= 0.6 is 11.6 Å². The normalized spacial score (nSPS) is 12.6. The Bertz CT molecular complexity index is 603. The van der Waals surface area contributed by atoms with Crippen LogP contribution in [0.25, 0.3) is 0 Å². The lowest BCUT2D eigenvalue weighted by Crippen LogP contribution is -2.26. The number of nitrogens with two attached hydrogens (primary N) is 1. The third-order valence-corrected chi connectivity index (χ3v) is 4.64. The Hall–Kier alpha value is -0.990. The molecule has 0 aliphatic heterocycles. The van der Waals surface area contributed by atoms with Gasteiger partial charge in [-0.15, -0.1) is 0 Å². The first-order chi connectivity index (χ1) is 9.53. The first kappa shape index (κ1) is 18.1. The number of nitrogens with one attached hydrogen (secondary N) is 1. The first-order valence-corrected chi connectivity index (χ1v) is 8.01. The molecule has 0 saturated heterocycles. The molecule has 0 atom stereocenters. The lowest BCUT2D eigenvalue weighted by atomic mass is 10.2. The highest BCUT2D eigenvalue weighted by molar-refractivity contribution is 7.89. The standard InChI is InChI=1S/C12H16ClF3N2O2S/c1-8-10(17)6-9(13)7-11(8)21(19,20)18-5-3-2-4-12(14,15)16/h6-7,18H,2-5,17H2,1H3. The van der Waals surface area contributed by atoms with Crippen molar-refractivity contribution in [2.24, 2.45) is 0 Å². The number of hydrogen-bond acceptors (Lipinski definition) is 3. The monoisotopic (exact) mass is 344 g/mol. The molecule has 3 N–H and O–H groups in total. The van der Waals surface area contributed by atoms with Gasteiger partial charge in [0, 0.05) is 23.7 Å². The number of hydrogen-bond donors (Lipinski definition) is 2. The predicted molar refractivity (Wildman–Crippen MR) is 75.7 cm³/mol. The average molecular weight is 345 g/mol. The van der Waals surface area contributed by atoms with E-state index >= 15 is 0 Å². The van der Waals surface area contributed by atoms with E-state index in [2.05, 4.69) is 4.72 Å². The van der Waals surface area contributed by atoms with Crippen LogP contribution in [0.5, 0.6) is 0 Å². The summed E-state index contributed by atoms with van der Waals surface area (Å²) < 4.78 is 62.3. The van der Waals surface area contributed by atoms with Crippen molar-refractivity contribution in [2.75, 3.05) is 12.3 Å². The highest BCUT2D eigenvalue weighted by Crippen LogP contribution is 2.26. The molecule has 1 aromatic rings. The molecule has 0 amide bonds. The Morgan fingerprint density at radius 1 is 1.29 bits per heavy atom. The van der Waals surface area contributed by atoms with Gasteiger partial charge in [0.1, 0.15) is 0 Å². The number of benzene rings is 1. The third-order valence-electron chi connectivity index (χ3n) is 2.83. The summed E-state index contributed by atoms with van der Waals surface area (Å²) >= 11 is 5.76. The van der Waals surface area contributed by atoms with Gasteiger partial charge in [-0.2, -0.15) is 13.2 Å². The van der Waals surface area contributed by atoms with Crippen molar-refractivity contribution in [3.05, 3.63) is 22.7 Å². The second-order valence-electron chi connectivity index (χ2n) is 4.59. The fourth-order valence-electron chi connectivity index (χ4n) is 1.69. The molecule has 0 spiro atoms. The predicted octanol–water partition coefficient (Wildman–Crippen LogP) is 3.24. The second-order valence-corrected chi connectivity index (χ2v) is 6.76. The van der Waals surface area contributed by atoms with Crippen LogP contribution in [0.15, 0.2) is 17.0 Å². The fourth-order valence-corrected chi connectivity index (χ4v) is 3.35. The quantitative estimate of drug-likeness (QED) is 0.614. The summed E-state index contributed by atoms with van der Waals surface area (Å²) in [6, 6.07) is 2.69. The molecule has 0 radical (unpaired) electrons. The Balaban J connectivity index is 2.67. The number of sulfonamides is 1. The van der Waals surface area contributed by atoms with Gasteiger partial charge in [-0.25, -0.2) is 13.1 Å². The van der Waals surface area contributed by atoms with Crippen LogP contribution < -0.4 is 10.5 Å². The first-order valence-electron chi connectivity index (χ1n) is 6.15. The van der Waals surface area contributed by atoms with E-state index < -0.39 is 22.6 Å². The van der Waals surface area contributed by atoms with Crippen molar-refractivity contribution >= 4 is 27.3 Å². The average Bonchev–Trinajstić information content (AvgIpc) is 2.31. The maximum Gasteiger partial charge on any atom is 0.389 e. The van der Waals surface area contributed by atoms with Crippen molar-refractivity contribution in [1.82, 2.24) is 4.72 Å². The Morgan fingerprint density at radius 2 is 1.90 bits per heavy atom. The molecule has 1 aromatic carbocycles. The molecule has 4 nitrogen and oxygen atoms in total. The molecule has 0 aliphatic carbocycles.